The van der Waals surface area contributed by atoms with Crippen molar-refractivity contribution in [3.8, 4) is 0 Å². The molecule has 1 N–H and O–H groups in total. The van der Waals surface area contributed by atoms with Gasteiger partial charge in [0.15, 0.2) is 0 Å². The first-order valence-electron chi connectivity index (χ1n) is 10.5. The second-order valence-corrected chi connectivity index (χ2v) is 8.27. The third kappa shape index (κ3) is 6.66. The van der Waals surface area contributed by atoms with E-state index in [1.165, 1.54) is 4.90 Å². The van der Waals surface area contributed by atoms with Gasteiger partial charge >= 0.3 is 6.09 Å². The Morgan fingerprint density at radius 2 is 2.17 bits per heavy atom. The van der Waals surface area contributed by atoms with Crippen LogP contribution in [0.5, 0.6) is 0 Å². The highest BCUT2D eigenvalue weighted by molar-refractivity contribution is 5.76. The van der Waals surface area contributed by atoms with Gasteiger partial charge in [-0.2, -0.15) is 0 Å². The van der Waals surface area contributed by atoms with Crippen LogP contribution in [0, 0.1) is 5.92 Å². The van der Waals surface area contributed by atoms with Gasteiger partial charge in [0, 0.05) is 32.5 Å². The number of amides is 2. The summed E-state index contributed by atoms with van der Waals surface area (Å²) in [6, 6.07) is -0.297. The first kappa shape index (κ1) is 24.1. The summed E-state index contributed by atoms with van der Waals surface area (Å²) in [4.78, 5) is 28.3. The largest absolute Gasteiger partial charge is 0.447 e. The summed E-state index contributed by atoms with van der Waals surface area (Å²) in [6.45, 7) is 8.90. The topological polar surface area (TPSA) is 110 Å². The molecule has 30 heavy (non-hydrogen) atoms. The number of ether oxygens (including phenoxy) is 2. The molecule has 0 aromatic carbocycles. The van der Waals surface area contributed by atoms with E-state index < -0.39 is 6.09 Å². The van der Waals surface area contributed by atoms with Gasteiger partial charge in [-0.1, -0.05) is 12.1 Å². The van der Waals surface area contributed by atoms with Crippen molar-refractivity contribution in [2.24, 2.45) is 5.92 Å². The van der Waals surface area contributed by atoms with Crippen LogP contribution in [0.25, 0.3) is 0 Å². The summed E-state index contributed by atoms with van der Waals surface area (Å²) < 4.78 is 13.2. The molecule has 170 valence electrons. The Morgan fingerprint density at radius 3 is 2.83 bits per heavy atom. The number of hydrogen-bond donors (Lipinski definition) is 1. The van der Waals surface area contributed by atoms with Gasteiger partial charge in [-0.3, -0.25) is 4.79 Å². The molecular weight excluding hydrogens is 390 g/mol. The van der Waals surface area contributed by atoms with Crippen molar-refractivity contribution < 1.29 is 24.2 Å². The lowest BCUT2D eigenvalue weighted by atomic mass is 10.0. The second kappa shape index (κ2) is 11.3. The van der Waals surface area contributed by atoms with Gasteiger partial charge < -0.3 is 24.4 Å². The van der Waals surface area contributed by atoms with Gasteiger partial charge in [0.05, 0.1) is 49.9 Å². The number of nitrogens with zero attached hydrogens (tertiary/aromatic N) is 5. The van der Waals surface area contributed by atoms with Crippen LogP contribution < -0.4 is 0 Å². The molecule has 0 fully saturated rings. The summed E-state index contributed by atoms with van der Waals surface area (Å²) >= 11 is 0. The molecule has 1 aliphatic rings. The zero-order valence-electron chi connectivity index (χ0n) is 18.7. The van der Waals surface area contributed by atoms with Crippen LogP contribution in [0.3, 0.4) is 0 Å². The van der Waals surface area contributed by atoms with Gasteiger partial charge in [-0.05, 0) is 27.2 Å². The molecule has 2 rings (SSSR count). The molecule has 0 saturated carbocycles. The maximum atomic E-state index is 12.8. The third-order valence-electron chi connectivity index (χ3n) is 5.24. The van der Waals surface area contributed by atoms with Crippen molar-refractivity contribution in [1.82, 2.24) is 24.8 Å². The molecule has 1 aromatic heterocycles. The quantitative estimate of drug-likeness (QED) is 0.757. The molecule has 0 radical (unpaired) electrons. The van der Waals surface area contributed by atoms with E-state index in [9.17, 15) is 14.7 Å². The smallest absolute Gasteiger partial charge is 0.409 e. The van der Waals surface area contributed by atoms with Crippen molar-refractivity contribution in [1.29, 1.82) is 0 Å². The number of aromatic nitrogens is 3. The number of hydrogen-bond acceptors (Lipinski definition) is 7. The molecule has 1 aromatic rings. The van der Waals surface area contributed by atoms with Crippen LogP contribution in [-0.4, -0.2) is 86.9 Å². The number of aliphatic hydroxyl groups is 1. The number of likely N-dealkylation sites (N-methyl/N-ethyl adjacent to an activating group) is 1. The van der Waals surface area contributed by atoms with Crippen molar-refractivity contribution in [3.63, 3.8) is 0 Å². The third-order valence-corrected chi connectivity index (χ3v) is 5.24. The zero-order valence-corrected chi connectivity index (χ0v) is 18.7. The summed E-state index contributed by atoms with van der Waals surface area (Å²) in [6.07, 6.45) is 1.67. The fourth-order valence-electron chi connectivity index (χ4n) is 3.38. The Balaban J connectivity index is 2.22. The molecule has 0 spiro atoms. The molecule has 0 unspecified atom stereocenters. The van der Waals surface area contributed by atoms with E-state index in [0.29, 0.717) is 39.1 Å². The molecular formula is C20H35N5O5. The highest BCUT2D eigenvalue weighted by atomic mass is 16.6. The molecule has 10 heteroatoms. The van der Waals surface area contributed by atoms with E-state index >= 15 is 0 Å². The van der Waals surface area contributed by atoms with Gasteiger partial charge in [-0.25, -0.2) is 9.48 Å². The Kier molecular flexibility index (Phi) is 9.04. The standard InChI is InChI=1S/C20H35N5O5/c1-14(2)30-20(28)23(5)11-18-15(3)10-24(16(4)12-26)19(27)7-6-8-25-17(13-29-18)9-21-22-25/h9,14-16,18,26H,6-8,10-13H2,1-5H3/t15-,16-,18+/m1/s1. The van der Waals surface area contributed by atoms with Crippen LogP contribution in [0.4, 0.5) is 4.79 Å². The monoisotopic (exact) mass is 425 g/mol. The normalized spacial score (nSPS) is 22.1. The van der Waals surface area contributed by atoms with E-state index in [1.54, 1.807) is 36.7 Å². The predicted molar refractivity (Wildman–Crippen MR) is 110 cm³/mol. The Labute approximate surface area is 178 Å². The highest BCUT2D eigenvalue weighted by Crippen LogP contribution is 2.18. The number of aliphatic hydroxyl groups excluding tert-OH is 1. The molecule has 10 nitrogen and oxygen atoms in total. The average Bonchev–Trinajstić information content (AvgIpc) is 3.14. The second-order valence-electron chi connectivity index (χ2n) is 8.27. The van der Waals surface area contributed by atoms with E-state index in [1.807, 2.05) is 13.8 Å². The predicted octanol–water partition coefficient (Wildman–Crippen LogP) is 1.28. The maximum Gasteiger partial charge on any atom is 0.409 e. The van der Waals surface area contributed by atoms with Gasteiger partial charge in [0.1, 0.15) is 0 Å². The molecule has 2 amide bonds. The summed E-state index contributed by atoms with van der Waals surface area (Å²) in [5.41, 5.74) is 0.827. The summed E-state index contributed by atoms with van der Waals surface area (Å²) in [5, 5.41) is 17.7. The molecule has 1 aliphatic heterocycles. The van der Waals surface area contributed by atoms with Crippen molar-refractivity contribution in [2.75, 3.05) is 26.7 Å². The molecule has 0 aliphatic carbocycles. The van der Waals surface area contributed by atoms with Gasteiger partial charge in [0.2, 0.25) is 5.91 Å². The minimum Gasteiger partial charge on any atom is -0.447 e. The number of carbonyl (C=O) groups excluding carboxylic acids is 2. The Morgan fingerprint density at radius 1 is 1.43 bits per heavy atom. The lowest BCUT2D eigenvalue weighted by molar-refractivity contribution is -0.136. The summed E-state index contributed by atoms with van der Waals surface area (Å²) in [7, 11) is 1.67. The first-order valence-corrected chi connectivity index (χ1v) is 10.5. The van der Waals surface area contributed by atoms with Crippen LogP contribution in [0.15, 0.2) is 6.20 Å². The van der Waals surface area contributed by atoms with Crippen LogP contribution in [0.2, 0.25) is 0 Å². The summed E-state index contributed by atoms with van der Waals surface area (Å²) in [5.74, 6) is -0.0991. The number of rotatable bonds is 5. The first-order chi connectivity index (χ1) is 14.2. The molecule has 3 atom stereocenters. The fraction of sp³-hybridized carbons (Fsp3) is 0.800. The van der Waals surface area contributed by atoms with Gasteiger partial charge in [0.25, 0.3) is 0 Å². The van der Waals surface area contributed by atoms with Crippen molar-refractivity contribution in [2.45, 2.75) is 71.9 Å². The molecule has 0 saturated heterocycles. The van der Waals surface area contributed by atoms with Crippen LogP contribution >= 0.6 is 0 Å². The van der Waals surface area contributed by atoms with Crippen LogP contribution in [0.1, 0.15) is 46.2 Å². The SMILES string of the molecule is CC(C)OC(=O)N(C)C[C@@H]1OCc2cnnn2CCCC(=O)N([C@H](C)CO)C[C@H]1C. The average molecular weight is 426 g/mol. The minimum absolute atomic E-state index is 0.0167. The van der Waals surface area contributed by atoms with Gasteiger partial charge in [-0.15, -0.1) is 5.10 Å². The number of carbonyl (C=O) groups is 2. The highest BCUT2D eigenvalue weighted by Gasteiger charge is 2.29. The maximum absolute atomic E-state index is 12.8. The lowest BCUT2D eigenvalue weighted by Gasteiger charge is -2.35. The minimum atomic E-state index is -0.421. The zero-order chi connectivity index (χ0) is 22.3. The molecule has 2 heterocycles. The fourth-order valence-corrected chi connectivity index (χ4v) is 3.38. The van der Waals surface area contributed by atoms with Crippen molar-refractivity contribution >= 4 is 12.0 Å². The van der Waals surface area contributed by atoms with Crippen LogP contribution in [-0.2, 0) is 27.4 Å². The van der Waals surface area contributed by atoms with Crippen molar-refractivity contribution in [3.05, 3.63) is 11.9 Å². The Hall–Kier alpha value is -2.20. The van der Waals surface area contributed by atoms with E-state index in [0.717, 1.165) is 5.69 Å². The lowest BCUT2D eigenvalue weighted by Crippen LogP contribution is -2.48. The number of aryl methyl sites for hydroxylation is 1. The number of fused-ring (bicyclic) bond motifs is 1. The molecule has 0 bridgehead atoms. The van der Waals surface area contributed by atoms with E-state index in [4.69, 9.17) is 9.47 Å². The Bertz CT molecular complexity index is 695. The van der Waals surface area contributed by atoms with E-state index in [2.05, 4.69) is 10.3 Å². The van der Waals surface area contributed by atoms with E-state index in [-0.39, 0.29) is 36.7 Å².